The molecule has 3 aromatic rings. The Morgan fingerprint density at radius 1 is 1.23 bits per heavy atom. The molecular formula is C18H20N6O2. The van der Waals surface area contributed by atoms with Crippen molar-refractivity contribution in [1.29, 1.82) is 0 Å². The van der Waals surface area contributed by atoms with Gasteiger partial charge in [-0.15, -0.1) is 0 Å². The molecule has 0 saturated heterocycles. The zero-order valence-corrected chi connectivity index (χ0v) is 14.9. The van der Waals surface area contributed by atoms with Crippen LogP contribution in [0, 0.1) is 0 Å². The van der Waals surface area contributed by atoms with Gasteiger partial charge < -0.3 is 0 Å². The maximum Gasteiger partial charge on any atom is 0.332 e. The molecule has 0 amide bonds. The number of allylic oxidation sites excluding steroid dienone is 1. The molecule has 2 heterocycles. The molecule has 0 spiro atoms. The van der Waals surface area contributed by atoms with Crippen molar-refractivity contribution in [3.63, 3.8) is 0 Å². The van der Waals surface area contributed by atoms with Crippen molar-refractivity contribution in [3.05, 3.63) is 68.9 Å². The van der Waals surface area contributed by atoms with Crippen LogP contribution < -0.4 is 16.7 Å². The maximum absolute atomic E-state index is 12.6. The summed E-state index contributed by atoms with van der Waals surface area (Å²) in [5.41, 5.74) is 4.43. The van der Waals surface area contributed by atoms with Gasteiger partial charge in [0.05, 0.1) is 6.21 Å². The van der Waals surface area contributed by atoms with E-state index in [4.69, 9.17) is 0 Å². The van der Waals surface area contributed by atoms with Gasteiger partial charge in [-0.1, -0.05) is 42.5 Å². The molecule has 8 heteroatoms. The van der Waals surface area contributed by atoms with E-state index in [9.17, 15) is 9.59 Å². The molecule has 134 valence electrons. The fraction of sp³-hybridized carbons (Fsp3) is 0.222. The summed E-state index contributed by atoms with van der Waals surface area (Å²) in [7, 11) is 3.03. The highest BCUT2D eigenvalue weighted by Crippen LogP contribution is 2.17. The van der Waals surface area contributed by atoms with Gasteiger partial charge in [-0.25, -0.2) is 10.2 Å². The first-order chi connectivity index (χ1) is 12.4. The smallest absolute Gasteiger partial charge is 0.299 e. The largest absolute Gasteiger partial charge is 0.332 e. The molecule has 1 N–H and O–H groups in total. The van der Waals surface area contributed by atoms with Gasteiger partial charge in [-0.2, -0.15) is 10.1 Å². The fourth-order valence-corrected chi connectivity index (χ4v) is 2.66. The van der Waals surface area contributed by atoms with Gasteiger partial charge >= 0.3 is 5.69 Å². The maximum atomic E-state index is 12.6. The van der Waals surface area contributed by atoms with Crippen LogP contribution in [0.3, 0.4) is 0 Å². The number of hydrogen-bond acceptors (Lipinski definition) is 5. The Labute approximate surface area is 149 Å². The van der Waals surface area contributed by atoms with E-state index in [2.05, 4.69) is 22.1 Å². The Morgan fingerprint density at radius 3 is 2.58 bits per heavy atom. The SMILES string of the molecule is C=C(C)Cn1c(N/N=C\c2ccccc2)nc2c1c(=O)n(C)c(=O)n2C. The summed E-state index contributed by atoms with van der Waals surface area (Å²) >= 11 is 0. The number of aryl methyl sites for hydroxylation is 1. The third-order valence-corrected chi connectivity index (χ3v) is 3.95. The highest BCUT2D eigenvalue weighted by molar-refractivity contribution is 5.80. The number of anilines is 1. The van der Waals surface area contributed by atoms with Crippen LogP contribution >= 0.6 is 0 Å². The average molecular weight is 352 g/mol. The highest BCUT2D eigenvalue weighted by atomic mass is 16.2. The normalized spacial score (nSPS) is 11.3. The average Bonchev–Trinajstić information content (AvgIpc) is 2.97. The molecule has 1 aromatic carbocycles. The Morgan fingerprint density at radius 2 is 1.92 bits per heavy atom. The van der Waals surface area contributed by atoms with Gasteiger partial charge in [0.15, 0.2) is 11.2 Å². The van der Waals surface area contributed by atoms with E-state index >= 15 is 0 Å². The van der Waals surface area contributed by atoms with Gasteiger partial charge in [0.1, 0.15) is 0 Å². The predicted octanol–water partition coefficient (Wildman–Crippen LogP) is 1.46. The van der Waals surface area contributed by atoms with E-state index in [-0.39, 0.29) is 0 Å². The van der Waals surface area contributed by atoms with Gasteiger partial charge in [-0.05, 0) is 12.5 Å². The lowest BCUT2D eigenvalue weighted by Crippen LogP contribution is -2.37. The quantitative estimate of drug-likeness (QED) is 0.428. The van der Waals surface area contributed by atoms with Crippen molar-refractivity contribution in [2.24, 2.45) is 19.2 Å². The van der Waals surface area contributed by atoms with Crippen LogP contribution in [-0.2, 0) is 20.6 Å². The minimum absolute atomic E-state index is 0.303. The van der Waals surface area contributed by atoms with E-state index in [1.165, 1.54) is 11.6 Å². The van der Waals surface area contributed by atoms with E-state index in [0.29, 0.717) is 23.7 Å². The molecule has 0 atom stereocenters. The molecule has 0 bridgehead atoms. The molecule has 8 nitrogen and oxygen atoms in total. The van der Waals surface area contributed by atoms with Crippen molar-refractivity contribution >= 4 is 23.3 Å². The Hall–Kier alpha value is -3.42. The second kappa shape index (κ2) is 6.83. The Bertz CT molecular complexity index is 1120. The summed E-state index contributed by atoms with van der Waals surface area (Å²) in [6.07, 6.45) is 1.65. The molecule has 3 rings (SSSR count). The first kappa shape index (κ1) is 17.4. The van der Waals surface area contributed by atoms with Crippen LogP contribution in [-0.4, -0.2) is 24.9 Å². The molecule has 0 unspecified atom stereocenters. The predicted molar refractivity (Wildman–Crippen MR) is 103 cm³/mol. The van der Waals surface area contributed by atoms with E-state index in [0.717, 1.165) is 15.7 Å². The lowest BCUT2D eigenvalue weighted by molar-refractivity contribution is 0.702. The number of rotatable bonds is 5. The monoisotopic (exact) mass is 352 g/mol. The van der Waals surface area contributed by atoms with Crippen molar-refractivity contribution in [2.45, 2.75) is 13.5 Å². The lowest BCUT2D eigenvalue weighted by atomic mass is 10.2. The first-order valence-electron chi connectivity index (χ1n) is 8.05. The van der Waals surface area contributed by atoms with Crippen molar-refractivity contribution < 1.29 is 0 Å². The van der Waals surface area contributed by atoms with Crippen LogP contribution in [0.2, 0.25) is 0 Å². The summed E-state index contributed by atoms with van der Waals surface area (Å²) in [5, 5.41) is 4.20. The number of nitrogens with one attached hydrogen (secondary N) is 1. The van der Waals surface area contributed by atoms with Crippen LogP contribution in [0.1, 0.15) is 12.5 Å². The number of hydrogen-bond donors (Lipinski definition) is 1. The molecule has 2 aromatic heterocycles. The summed E-state index contributed by atoms with van der Waals surface area (Å²) in [6.45, 7) is 6.14. The number of hydrazone groups is 1. The molecule has 0 aliphatic heterocycles. The lowest BCUT2D eigenvalue weighted by Gasteiger charge is -2.08. The van der Waals surface area contributed by atoms with Gasteiger partial charge in [0.25, 0.3) is 5.56 Å². The topological polar surface area (TPSA) is 86.2 Å². The molecule has 0 fully saturated rings. The number of imidazole rings is 1. The van der Waals surface area contributed by atoms with Gasteiger partial charge in [-0.3, -0.25) is 18.5 Å². The van der Waals surface area contributed by atoms with Gasteiger partial charge in [0.2, 0.25) is 5.95 Å². The first-order valence-corrected chi connectivity index (χ1v) is 8.05. The van der Waals surface area contributed by atoms with E-state index in [1.807, 2.05) is 37.3 Å². The highest BCUT2D eigenvalue weighted by Gasteiger charge is 2.18. The van der Waals surface area contributed by atoms with Crippen LogP contribution in [0.15, 0.2) is 57.2 Å². The summed E-state index contributed by atoms with van der Waals surface area (Å²) in [6, 6.07) is 9.59. The molecule has 0 radical (unpaired) electrons. The molecule has 0 saturated carbocycles. The van der Waals surface area contributed by atoms with Crippen molar-refractivity contribution in [2.75, 3.05) is 5.43 Å². The third kappa shape index (κ3) is 3.08. The van der Waals surface area contributed by atoms with Gasteiger partial charge in [0, 0.05) is 20.6 Å². The molecule has 0 aliphatic rings. The number of fused-ring (bicyclic) bond motifs is 1. The van der Waals surface area contributed by atoms with E-state index in [1.54, 1.807) is 17.8 Å². The number of nitrogens with zero attached hydrogens (tertiary/aromatic N) is 5. The van der Waals surface area contributed by atoms with Crippen LogP contribution in [0.25, 0.3) is 11.2 Å². The zero-order chi connectivity index (χ0) is 18.8. The summed E-state index contributed by atoms with van der Waals surface area (Å²) < 4.78 is 4.09. The van der Waals surface area contributed by atoms with E-state index < -0.39 is 11.2 Å². The molecular weight excluding hydrogens is 332 g/mol. The third-order valence-electron chi connectivity index (χ3n) is 3.95. The number of benzene rings is 1. The summed E-state index contributed by atoms with van der Waals surface area (Å²) in [5.74, 6) is 0.369. The van der Waals surface area contributed by atoms with Crippen molar-refractivity contribution in [1.82, 2.24) is 18.7 Å². The Kier molecular flexibility index (Phi) is 4.57. The second-order valence-corrected chi connectivity index (χ2v) is 6.14. The Balaban J connectivity index is 2.12. The minimum Gasteiger partial charge on any atom is -0.299 e. The van der Waals surface area contributed by atoms with Crippen molar-refractivity contribution in [3.8, 4) is 0 Å². The standard InChI is InChI=1S/C18H20N6O2/c1-12(2)11-24-14-15(22(3)18(26)23(4)16(14)25)20-17(24)21-19-10-13-8-6-5-7-9-13/h5-10H,1,11H2,2-4H3,(H,20,21)/b19-10-. The minimum atomic E-state index is -0.429. The second-order valence-electron chi connectivity index (χ2n) is 6.14. The fourth-order valence-electron chi connectivity index (χ4n) is 2.66. The van der Waals surface area contributed by atoms with Crippen LogP contribution in [0.5, 0.6) is 0 Å². The molecule has 0 aliphatic carbocycles. The van der Waals surface area contributed by atoms with Crippen LogP contribution in [0.4, 0.5) is 5.95 Å². The summed E-state index contributed by atoms with van der Waals surface area (Å²) in [4.78, 5) is 29.2. The zero-order valence-electron chi connectivity index (χ0n) is 14.9. The molecule has 26 heavy (non-hydrogen) atoms. The number of aromatic nitrogens is 4.